The molecular weight excluding hydrogens is 312 g/mol. The third-order valence-electron chi connectivity index (χ3n) is 2.35. The van der Waals surface area contributed by atoms with Crippen LogP contribution >= 0.6 is 15.9 Å². The Morgan fingerprint density at radius 3 is 2.47 bits per heavy atom. The van der Waals surface area contributed by atoms with E-state index >= 15 is 0 Å². The Labute approximate surface area is 117 Å². The number of nitrogens with zero attached hydrogens (tertiary/aromatic N) is 2. The average molecular weight is 319 g/mol. The molecule has 0 aliphatic carbocycles. The summed E-state index contributed by atoms with van der Waals surface area (Å²) in [5.41, 5.74) is 0.455. The van der Waals surface area contributed by atoms with Gasteiger partial charge in [0.2, 0.25) is 0 Å². The Bertz CT molecular complexity index is 663. The zero-order valence-electron chi connectivity index (χ0n) is 9.54. The number of hydrogen-bond donors (Lipinski definition) is 0. The molecule has 0 N–H and O–H groups in total. The molecule has 2 aromatic carbocycles. The van der Waals surface area contributed by atoms with Gasteiger partial charge in [-0.25, -0.2) is 0 Å². The lowest BCUT2D eigenvalue weighted by Gasteiger charge is -2.07. The number of rotatable bonds is 3. The first-order chi connectivity index (χ1) is 9.11. The maximum Gasteiger partial charge on any atom is 0.287 e. The summed E-state index contributed by atoms with van der Waals surface area (Å²) in [6.07, 6.45) is 0. The van der Waals surface area contributed by atoms with Crippen molar-refractivity contribution in [1.82, 2.24) is 0 Å². The highest BCUT2D eigenvalue weighted by Gasteiger charge is 2.16. The molecule has 19 heavy (non-hydrogen) atoms. The summed E-state index contributed by atoms with van der Waals surface area (Å²) in [6.45, 7) is 0. The molecule has 5 nitrogen and oxygen atoms in total. The first kappa shape index (κ1) is 13.1. The minimum atomic E-state index is -0.490. The summed E-state index contributed by atoms with van der Waals surface area (Å²) >= 11 is 3.15. The molecule has 0 spiro atoms. The fourth-order valence-corrected chi connectivity index (χ4v) is 1.93. The maximum absolute atomic E-state index is 10.8. The number of nitriles is 1. The second kappa shape index (κ2) is 5.50. The highest BCUT2D eigenvalue weighted by atomic mass is 79.9. The lowest BCUT2D eigenvalue weighted by molar-refractivity contribution is -0.385. The van der Waals surface area contributed by atoms with Crippen LogP contribution in [0.1, 0.15) is 5.56 Å². The van der Waals surface area contributed by atoms with Crippen molar-refractivity contribution in [2.45, 2.75) is 0 Å². The molecule has 0 atom stereocenters. The van der Waals surface area contributed by atoms with Crippen LogP contribution in [0, 0.1) is 21.4 Å². The van der Waals surface area contributed by atoms with E-state index in [0.717, 1.165) is 0 Å². The van der Waals surface area contributed by atoms with Crippen LogP contribution in [-0.2, 0) is 0 Å². The molecule has 0 aliphatic heterocycles. The average Bonchev–Trinajstić information content (AvgIpc) is 2.41. The molecule has 0 fully saturated rings. The molecule has 6 heteroatoms. The first-order valence-electron chi connectivity index (χ1n) is 5.22. The first-order valence-corrected chi connectivity index (χ1v) is 6.02. The Hall–Kier alpha value is -2.39. The third-order valence-corrected chi connectivity index (χ3v) is 3.15. The van der Waals surface area contributed by atoms with Gasteiger partial charge in [-0.2, -0.15) is 5.26 Å². The highest BCUT2D eigenvalue weighted by Crippen LogP contribution is 2.36. The molecular formula is C13H7BrN2O3. The number of nitro groups is 1. The van der Waals surface area contributed by atoms with Crippen molar-refractivity contribution < 1.29 is 9.66 Å². The standard InChI is InChI=1S/C13H7BrN2O3/c14-13-11(16(17)18)2-1-3-12(13)19-10-6-4-9(8-15)5-7-10/h1-7H. The van der Waals surface area contributed by atoms with Gasteiger partial charge >= 0.3 is 0 Å². The number of ether oxygens (including phenoxy) is 1. The highest BCUT2D eigenvalue weighted by molar-refractivity contribution is 9.10. The van der Waals surface area contributed by atoms with Gasteiger partial charge in [-0.1, -0.05) is 6.07 Å². The summed E-state index contributed by atoms with van der Waals surface area (Å²) in [4.78, 5) is 10.3. The van der Waals surface area contributed by atoms with Gasteiger partial charge in [0.05, 0.1) is 16.6 Å². The van der Waals surface area contributed by atoms with E-state index in [-0.39, 0.29) is 10.2 Å². The lowest BCUT2D eigenvalue weighted by atomic mass is 10.2. The van der Waals surface area contributed by atoms with Crippen LogP contribution in [-0.4, -0.2) is 4.92 Å². The molecule has 0 aliphatic rings. The van der Waals surface area contributed by atoms with E-state index in [2.05, 4.69) is 15.9 Å². The SMILES string of the molecule is N#Cc1ccc(Oc2cccc([N+](=O)[O-])c2Br)cc1. The molecule has 0 bridgehead atoms. The predicted octanol–water partition coefficient (Wildman–Crippen LogP) is 4.02. The lowest BCUT2D eigenvalue weighted by Crippen LogP contribution is -1.92. The molecule has 0 saturated heterocycles. The Morgan fingerprint density at radius 1 is 1.21 bits per heavy atom. The molecule has 94 valence electrons. The van der Waals surface area contributed by atoms with Crippen molar-refractivity contribution in [2.75, 3.05) is 0 Å². The van der Waals surface area contributed by atoms with E-state index in [1.807, 2.05) is 6.07 Å². The molecule has 2 aromatic rings. The smallest absolute Gasteiger partial charge is 0.287 e. The van der Waals surface area contributed by atoms with Crippen molar-refractivity contribution in [3.8, 4) is 17.6 Å². The predicted molar refractivity (Wildman–Crippen MR) is 72.0 cm³/mol. The molecule has 0 unspecified atom stereocenters. The molecule has 0 amide bonds. The normalized spacial score (nSPS) is 9.68. The molecule has 0 saturated carbocycles. The number of nitro benzene ring substituents is 1. The maximum atomic E-state index is 10.8. The van der Waals surface area contributed by atoms with Crippen LogP contribution in [0.2, 0.25) is 0 Å². The van der Waals surface area contributed by atoms with Crippen LogP contribution in [0.25, 0.3) is 0 Å². The third kappa shape index (κ3) is 2.89. The minimum Gasteiger partial charge on any atom is -0.456 e. The van der Waals surface area contributed by atoms with Gasteiger partial charge in [0.1, 0.15) is 16.0 Å². The van der Waals surface area contributed by atoms with Gasteiger partial charge < -0.3 is 4.74 Å². The van der Waals surface area contributed by atoms with Gasteiger partial charge in [-0.15, -0.1) is 0 Å². The molecule has 0 aromatic heterocycles. The summed E-state index contributed by atoms with van der Waals surface area (Å²) < 4.78 is 5.82. The summed E-state index contributed by atoms with van der Waals surface area (Å²) in [5.74, 6) is 0.846. The van der Waals surface area contributed by atoms with E-state index < -0.39 is 4.92 Å². The van der Waals surface area contributed by atoms with Crippen LogP contribution in [0.15, 0.2) is 46.9 Å². The number of benzene rings is 2. The summed E-state index contributed by atoms with van der Waals surface area (Å²) in [6, 6.07) is 13.0. The van der Waals surface area contributed by atoms with Crippen LogP contribution in [0.4, 0.5) is 5.69 Å². The number of halogens is 1. The van der Waals surface area contributed by atoms with Crippen molar-refractivity contribution in [3.05, 3.63) is 62.6 Å². The van der Waals surface area contributed by atoms with Gasteiger partial charge in [-0.3, -0.25) is 10.1 Å². The van der Waals surface area contributed by atoms with Crippen LogP contribution < -0.4 is 4.74 Å². The second-order valence-electron chi connectivity index (χ2n) is 3.58. The molecule has 0 radical (unpaired) electrons. The Balaban J connectivity index is 2.30. The zero-order chi connectivity index (χ0) is 13.8. The second-order valence-corrected chi connectivity index (χ2v) is 4.38. The van der Waals surface area contributed by atoms with E-state index in [9.17, 15) is 10.1 Å². The van der Waals surface area contributed by atoms with Gasteiger partial charge in [0, 0.05) is 6.07 Å². The fourth-order valence-electron chi connectivity index (χ4n) is 1.44. The van der Waals surface area contributed by atoms with Gasteiger partial charge in [0.15, 0.2) is 0 Å². The Kier molecular flexibility index (Phi) is 3.78. The summed E-state index contributed by atoms with van der Waals surface area (Å²) in [7, 11) is 0. The van der Waals surface area contributed by atoms with E-state index in [4.69, 9.17) is 10.00 Å². The monoisotopic (exact) mass is 318 g/mol. The fraction of sp³-hybridized carbons (Fsp3) is 0. The van der Waals surface area contributed by atoms with Crippen molar-refractivity contribution >= 4 is 21.6 Å². The molecule has 0 heterocycles. The number of hydrogen-bond acceptors (Lipinski definition) is 4. The quantitative estimate of drug-likeness (QED) is 0.632. The molecule has 2 rings (SSSR count). The Morgan fingerprint density at radius 2 is 1.89 bits per heavy atom. The van der Waals surface area contributed by atoms with E-state index in [1.54, 1.807) is 36.4 Å². The van der Waals surface area contributed by atoms with Gasteiger partial charge in [0.25, 0.3) is 5.69 Å². The van der Waals surface area contributed by atoms with E-state index in [0.29, 0.717) is 17.1 Å². The summed E-state index contributed by atoms with van der Waals surface area (Å²) in [5, 5.41) is 19.5. The zero-order valence-corrected chi connectivity index (χ0v) is 11.1. The van der Waals surface area contributed by atoms with Crippen molar-refractivity contribution in [3.63, 3.8) is 0 Å². The van der Waals surface area contributed by atoms with E-state index in [1.165, 1.54) is 6.07 Å². The minimum absolute atomic E-state index is 0.0638. The van der Waals surface area contributed by atoms with Crippen molar-refractivity contribution in [2.24, 2.45) is 0 Å². The largest absolute Gasteiger partial charge is 0.456 e. The van der Waals surface area contributed by atoms with Crippen molar-refractivity contribution in [1.29, 1.82) is 5.26 Å². The topological polar surface area (TPSA) is 76.2 Å². The van der Waals surface area contributed by atoms with Gasteiger partial charge in [-0.05, 0) is 46.3 Å². The van der Waals surface area contributed by atoms with Crippen LogP contribution in [0.3, 0.4) is 0 Å². The van der Waals surface area contributed by atoms with Crippen LogP contribution in [0.5, 0.6) is 11.5 Å².